The number of nitrogen functional groups attached to an aromatic ring is 1. The number of alkyl halides is 3. The van der Waals surface area contributed by atoms with Crippen LogP contribution in [0.25, 0.3) is 0 Å². The van der Waals surface area contributed by atoms with Crippen LogP contribution in [0.4, 0.5) is 24.5 Å². The Hall–Kier alpha value is -2.17. The summed E-state index contributed by atoms with van der Waals surface area (Å²) in [4.78, 5) is 0. The molecule has 0 saturated carbocycles. The minimum absolute atomic E-state index is 0.0958. The Morgan fingerprint density at radius 1 is 1.10 bits per heavy atom. The van der Waals surface area contributed by atoms with E-state index in [2.05, 4.69) is 5.32 Å². The van der Waals surface area contributed by atoms with E-state index < -0.39 is 11.7 Å². The maximum absolute atomic E-state index is 12.9. The van der Waals surface area contributed by atoms with Crippen LogP contribution in [0.3, 0.4) is 0 Å². The van der Waals surface area contributed by atoms with Crippen molar-refractivity contribution in [3.63, 3.8) is 0 Å². The lowest BCUT2D eigenvalue weighted by molar-refractivity contribution is -0.138. The van der Waals surface area contributed by atoms with Crippen LogP contribution in [0.15, 0.2) is 42.5 Å². The normalized spacial score (nSPS) is 11.4. The molecular formula is C15H15F3N2. The Morgan fingerprint density at radius 2 is 1.80 bits per heavy atom. The fourth-order valence-electron chi connectivity index (χ4n) is 2.06. The monoisotopic (exact) mass is 280 g/mol. The van der Waals surface area contributed by atoms with Gasteiger partial charge in [-0.2, -0.15) is 13.2 Å². The van der Waals surface area contributed by atoms with E-state index in [0.29, 0.717) is 11.4 Å². The molecule has 0 aliphatic rings. The van der Waals surface area contributed by atoms with Gasteiger partial charge in [0.1, 0.15) is 0 Å². The lowest BCUT2D eigenvalue weighted by Gasteiger charge is -2.14. The molecule has 0 bridgehead atoms. The average Bonchev–Trinajstić information content (AvgIpc) is 2.34. The zero-order valence-electron chi connectivity index (χ0n) is 11.0. The summed E-state index contributed by atoms with van der Waals surface area (Å²) in [5.74, 6) is 0. The van der Waals surface area contributed by atoms with Gasteiger partial charge < -0.3 is 11.1 Å². The Kier molecular flexibility index (Phi) is 3.88. The predicted octanol–water partition coefficient (Wildman–Crippen LogP) is 4.21. The second kappa shape index (κ2) is 5.45. The van der Waals surface area contributed by atoms with Crippen LogP contribution in [-0.4, -0.2) is 0 Å². The average molecular weight is 280 g/mol. The van der Waals surface area contributed by atoms with Gasteiger partial charge in [-0.3, -0.25) is 0 Å². The Labute approximate surface area is 115 Å². The topological polar surface area (TPSA) is 38.0 Å². The highest BCUT2D eigenvalue weighted by Gasteiger charge is 2.32. The van der Waals surface area contributed by atoms with Crippen LogP contribution in [0.1, 0.15) is 16.7 Å². The highest BCUT2D eigenvalue weighted by atomic mass is 19.4. The molecule has 0 saturated heterocycles. The summed E-state index contributed by atoms with van der Waals surface area (Å²) in [6.45, 7) is 1.98. The highest BCUT2D eigenvalue weighted by molar-refractivity contribution is 5.57. The fourth-order valence-corrected chi connectivity index (χ4v) is 2.06. The largest absolute Gasteiger partial charge is 0.416 e. The first kappa shape index (κ1) is 14.2. The van der Waals surface area contributed by atoms with Crippen LogP contribution >= 0.6 is 0 Å². The van der Waals surface area contributed by atoms with E-state index in [1.165, 1.54) is 12.1 Å². The second-order valence-electron chi connectivity index (χ2n) is 4.64. The summed E-state index contributed by atoms with van der Waals surface area (Å²) in [7, 11) is 0. The van der Waals surface area contributed by atoms with Gasteiger partial charge in [0.25, 0.3) is 0 Å². The van der Waals surface area contributed by atoms with E-state index in [4.69, 9.17) is 5.73 Å². The van der Waals surface area contributed by atoms with Crippen LogP contribution in [0.2, 0.25) is 0 Å². The first-order chi connectivity index (χ1) is 9.36. The second-order valence-corrected chi connectivity index (χ2v) is 4.64. The smallest absolute Gasteiger partial charge is 0.399 e. The van der Waals surface area contributed by atoms with Crippen molar-refractivity contribution in [3.8, 4) is 0 Å². The number of hydrogen-bond acceptors (Lipinski definition) is 2. The van der Waals surface area contributed by atoms with Crippen LogP contribution in [-0.2, 0) is 12.7 Å². The molecule has 0 unspecified atom stereocenters. The fraction of sp³-hybridized carbons (Fsp3) is 0.200. The lowest BCUT2D eigenvalue weighted by atomic mass is 10.1. The van der Waals surface area contributed by atoms with Crippen molar-refractivity contribution in [2.24, 2.45) is 0 Å². The van der Waals surface area contributed by atoms with E-state index in [1.54, 1.807) is 18.2 Å². The molecule has 2 nitrogen and oxygen atoms in total. The van der Waals surface area contributed by atoms with Crippen LogP contribution in [0.5, 0.6) is 0 Å². The van der Waals surface area contributed by atoms with E-state index in [1.807, 2.05) is 13.0 Å². The van der Waals surface area contributed by atoms with Crippen LogP contribution < -0.4 is 11.1 Å². The van der Waals surface area contributed by atoms with Crippen molar-refractivity contribution in [1.82, 2.24) is 0 Å². The van der Waals surface area contributed by atoms with E-state index in [9.17, 15) is 13.2 Å². The Balaban J connectivity index is 2.19. The number of halogens is 3. The summed E-state index contributed by atoms with van der Waals surface area (Å²) in [5, 5.41) is 2.98. The van der Waals surface area contributed by atoms with E-state index >= 15 is 0 Å². The molecule has 3 N–H and O–H groups in total. The maximum atomic E-state index is 12.9. The molecule has 0 spiro atoms. The van der Waals surface area contributed by atoms with Crippen molar-refractivity contribution in [2.75, 3.05) is 11.1 Å². The standard InChI is InChI=1S/C15H15F3N2/c1-10-6-12(19)8-13(7-10)20-9-11-4-2-3-5-14(11)15(16,17)18/h2-8,20H,9,19H2,1H3. The van der Waals surface area contributed by atoms with Gasteiger partial charge in [-0.1, -0.05) is 18.2 Å². The van der Waals surface area contributed by atoms with Gasteiger partial charge in [-0.25, -0.2) is 0 Å². The minimum Gasteiger partial charge on any atom is -0.399 e. The molecule has 0 heterocycles. The molecule has 0 fully saturated rings. The molecule has 0 aliphatic carbocycles. The SMILES string of the molecule is Cc1cc(N)cc(NCc2ccccc2C(F)(F)F)c1. The number of aryl methyl sites for hydroxylation is 1. The lowest BCUT2D eigenvalue weighted by Crippen LogP contribution is -2.11. The Bertz CT molecular complexity index is 586. The molecule has 0 amide bonds. The van der Waals surface area contributed by atoms with E-state index in [-0.39, 0.29) is 12.1 Å². The summed E-state index contributed by atoms with van der Waals surface area (Å²) < 4.78 is 38.6. The van der Waals surface area contributed by atoms with Crippen molar-refractivity contribution in [3.05, 3.63) is 59.2 Å². The highest BCUT2D eigenvalue weighted by Crippen LogP contribution is 2.32. The summed E-state index contributed by atoms with van der Waals surface area (Å²) in [6, 6.07) is 10.9. The van der Waals surface area contributed by atoms with Crippen molar-refractivity contribution >= 4 is 11.4 Å². The van der Waals surface area contributed by atoms with Gasteiger partial charge in [0, 0.05) is 17.9 Å². The van der Waals surface area contributed by atoms with Gasteiger partial charge in [-0.15, -0.1) is 0 Å². The molecule has 5 heteroatoms. The van der Waals surface area contributed by atoms with Gasteiger partial charge in [-0.05, 0) is 42.3 Å². The zero-order valence-corrected chi connectivity index (χ0v) is 11.0. The molecule has 2 aromatic rings. The third-order valence-electron chi connectivity index (χ3n) is 2.91. The third-order valence-corrected chi connectivity index (χ3v) is 2.91. The first-order valence-corrected chi connectivity index (χ1v) is 6.12. The van der Waals surface area contributed by atoms with Gasteiger partial charge in [0.15, 0.2) is 0 Å². The van der Waals surface area contributed by atoms with E-state index in [0.717, 1.165) is 11.6 Å². The minimum atomic E-state index is -4.34. The Morgan fingerprint density at radius 3 is 2.45 bits per heavy atom. The summed E-state index contributed by atoms with van der Waals surface area (Å²) in [5.41, 5.74) is 7.54. The van der Waals surface area contributed by atoms with Crippen molar-refractivity contribution < 1.29 is 13.2 Å². The molecule has 2 aromatic carbocycles. The number of rotatable bonds is 3. The molecule has 0 radical (unpaired) electrons. The number of hydrogen-bond donors (Lipinski definition) is 2. The molecule has 0 aromatic heterocycles. The van der Waals surface area contributed by atoms with Crippen molar-refractivity contribution in [2.45, 2.75) is 19.6 Å². The summed E-state index contributed by atoms with van der Waals surface area (Å²) >= 11 is 0. The predicted molar refractivity (Wildman–Crippen MR) is 74.4 cm³/mol. The summed E-state index contributed by atoms with van der Waals surface area (Å²) in [6.07, 6.45) is -4.34. The zero-order chi connectivity index (χ0) is 14.8. The number of anilines is 2. The first-order valence-electron chi connectivity index (χ1n) is 6.12. The molecule has 2 rings (SSSR count). The molecule has 0 atom stereocenters. The molecule has 20 heavy (non-hydrogen) atoms. The third kappa shape index (κ3) is 3.44. The van der Waals surface area contributed by atoms with Crippen LogP contribution in [0, 0.1) is 6.92 Å². The van der Waals surface area contributed by atoms with Gasteiger partial charge in [0.2, 0.25) is 0 Å². The number of nitrogens with two attached hydrogens (primary N) is 1. The maximum Gasteiger partial charge on any atom is 0.416 e. The van der Waals surface area contributed by atoms with Gasteiger partial charge in [0.05, 0.1) is 5.56 Å². The molecule has 0 aliphatic heterocycles. The van der Waals surface area contributed by atoms with Gasteiger partial charge >= 0.3 is 6.18 Å². The number of nitrogens with one attached hydrogen (secondary N) is 1. The molecular weight excluding hydrogens is 265 g/mol. The number of benzene rings is 2. The quantitative estimate of drug-likeness (QED) is 0.827. The van der Waals surface area contributed by atoms with Crippen molar-refractivity contribution in [1.29, 1.82) is 0 Å². The molecule has 106 valence electrons.